The zero-order valence-corrected chi connectivity index (χ0v) is 10.8. The van der Waals surface area contributed by atoms with E-state index in [1.165, 1.54) is 0 Å². The van der Waals surface area contributed by atoms with Gasteiger partial charge in [0.1, 0.15) is 0 Å². The minimum atomic E-state index is 0.0704. The molecule has 1 amide bonds. The molecule has 0 aliphatic rings. The molecule has 0 aromatic rings. The standard InChI is InChI=1S/C11H22N4O/c1-5-13-10-14-7-6-8-15(3,4)9-11(16)12-2/h5-9H2,1-4H3/p+1. The largest absolute Gasteiger partial charge is 0.354 e. The molecule has 0 saturated carbocycles. The molecule has 0 rings (SSSR count). The predicted molar refractivity (Wildman–Crippen MR) is 65.8 cm³/mol. The summed E-state index contributed by atoms with van der Waals surface area (Å²) in [5, 5.41) is 2.63. The van der Waals surface area contributed by atoms with Crippen molar-refractivity contribution in [2.75, 3.05) is 47.3 Å². The highest BCUT2D eigenvalue weighted by molar-refractivity contribution is 5.76. The molecule has 0 bridgehead atoms. The minimum absolute atomic E-state index is 0.0704. The normalized spacial score (nSPS) is 10.5. The summed E-state index contributed by atoms with van der Waals surface area (Å²) in [7, 11) is 5.74. The smallest absolute Gasteiger partial charge is 0.274 e. The fourth-order valence-electron chi connectivity index (χ4n) is 1.30. The maximum atomic E-state index is 11.2. The molecule has 0 saturated heterocycles. The van der Waals surface area contributed by atoms with Gasteiger partial charge in [0.05, 0.1) is 33.2 Å². The molecule has 5 nitrogen and oxygen atoms in total. The van der Waals surface area contributed by atoms with Gasteiger partial charge in [-0.05, 0) is 6.92 Å². The van der Waals surface area contributed by atoms with E-state index in [9.17, 15) is 4.79 Å². The van der Waals surface area contributed by atoms with Gasteiger partial charge in [-0.1, -0.05) is 0 Å². The van der Waals surface area contributed by atoms with Crippen LogP contribution in [0.2, 0.25) is 0 Å². The van der Waals surface area contributed by atoms with Crippen LogP contribution < -0.4 is 5.32 Å². The minimum Gasteiger partial charge on any atom is -0.354 e. The molecule has 0 aromatic carbocycles. The van der Waals surface area contributed by atoms with Crippen LogP contribution in [-0.2, 0) is 4.79 Å². The van der Waals surface area contributed by atoms with Crippen molar-refractivity contribution >= 4 is 11.9 Å². The first-order chi connectivity index (χ1) is 7.52. The van der Waals surface area contributed by atoms with Crippen LogP contribution in [0.1, 0.15) is 13.3 Å². The average molecular weight is 227 g/mol. The molecule has 0 heterocycles. The summed E-state index contributed by atoms with van der Waals surface area (Å²) in [5.41, 5.74) is 0. The van der Waals surface area contributed by atoms with Gasteiger partial charge >= 0.3 is 0 Å². The molecule has 0 aromatic heterocycles. The van der Waals surface area contributed by atoms with Crippen LogP contribution in [0.4, 0.5) is 0 Å². The third kappa shape index (κ3) is 8.15. The molecule has 0 aliphatic carbocycles. The van der Waals surface area contributed by atoms with Crippen molar-refractivity contribution in [3.8, 4) is 0 Å². The molecular formula is C11H23N4O+. The second-order valence-corrected chi connectivity index (χ2v) is 4.30. The lowest BCUT2D eigenvalue weighted by molar-refractivity contribution is -0.882. The second kappa shape index (κ2) is 8.02. The lowest BCUT2D eigenvalue weighted by Crippen LogP contribution is -2.47. The van der Waals surface area contributed by atoms with E-state index in [0.717, 1.165) is 26.1 Å². The molecule has 0 atom stereocenters. The topological polar surface area (TPSA) is 53.8 Å². The Morgan fingerprint density at radius 1 is 1.38 bits per heavy atom. The van der Waals surface area contributed by atoms with E-state index >= 15 is 0 Å². The Bertz CT molecular complexity index is 267. The maximum Gasteiger partial charge on any atom is 0.274 e. The highest BCUT2D eigenvalue weighted by Gasteiger charge is 2.18. The number of aliphatic imine (C=N–C) groups is 2. The molecule has 0 spiro atoms. The molecular weight excluding hydrogens is 204 g/mol. The van der Waals surface area contributed by atoms with Crippen LogP contribution in [0.25, 0.3) is 0 Å². The maximum absolute atomic E-state index is 11.2. The van der Waals surface area contributed by atoms with Gasteiger partial charge in [-0.15, -0.1) is 0 Å². The molecule has 1 N–H and O–H groups in total. The monoisotopic (exact) mass is 227 g/mol. The number of hydrogen-bond donors (Lipinski definition) is 1. The summed E-state index contributed by atoms with van der Waals surface area (Å²) >= 11 is 0. The third-order valence-corrected chi connectivity index (χ3v) is 2.18. The zero-order valence-electron chi connectivity index (χ0n) is 10.8. The summed E-state index contributed by atoms with van der Waals surface area (Å²) in [6.07, 6.45) is 0.941. The molecule has 5 heteroatoms. The van der Waals surface area contributed by atoms with Crippen molar-refractivity contribution in [3.63, 3.8) is 0 Å². The van der Waals surface area contributed by atoms with E-state index in [0.29, 0.717) is 11.0 Å². The predicted octanol–water partition coefficient (Wildman–Crippen LogP) is 0.393. The van der Waals surface area contributed by atoms with Crippen molar-refractivity contribution in [2.45, 2.75) is 13.3 Å². The Kier molecular flexibility index (Phi) is 7.42. The van der Waals surface area contributed by atoms with Gasteiger partial charge in [-0.2, -0.15) is 0 Å². The number of rotatable bonds is 7. The number of carbonyl (C=O) groups is 1. The highest BCUT2D eigenvalue weighted by atomic mass is 16.2. The molecule has 0 radical (unpaired) electrons. The SMILES string of the molecule is CCN=C=NCCC[N+](C)(C)CC(=O)NC. The van der Waals surface area contributed by atoms with Crippen molar-refractivity contribution < 1.29 is 9.28 Å². The van der Waals surface area contributed by atoms with Gasteiger partial charge in [0.25, 0.3) is 5.91 Å². The van der Waals surface area contributed by atoms with Crippen LogP contribution in [0.3, 0.4) is 0 Å². The summed E-state index contributed by atoms with van der Waals surface area (Å²) in [6.45, 7) is 4.82. The first kappa shape index (κ1) is 14.8. The van der Waals surface area contributed by atoms with Crippen molar-refractivity contribution in [1.82, 2.24) is 5.32 Å². The Morgan fingerprint density at radius 2 is 2.06 bits per heavy atom. The first-order valence-corrected chi connectivity index (χ1v) is 5.62. The zero-order chi connectivity index (χ0) is 12.4. The number of hydrogen-bond acceptors (Lipinski definition) is 3. The van der Waals surface area contributed by atoms with Gasteiger partial charge in [0, 0.05) is 20.0 Å². The molecule has 0 unspecified atom stereocenters. The summed E-state index contributed by atoms with van der Waals surface area (Å²) in [4.78, 5) is 19.1. The number of carbonyl (C=O) groups excluding carboxylic acids is 1. The van der Waals surface area contributed by atoms with E-state index in [1.807, 2.05) is 21.0 Å². The lowest BCUT2D eigenvalue weighted by atomic mass is 10.3. The summed E-state index contributed by atoms with van der Waals surface area (Å²) < 4.78 is 0.681. The van der Waals surface area contributed by atoms with Crippen LogP contribution in [-0.4, -0.2) is 63.7 Å². The van der Waals surface area contributed by atoms with Crippen LogP contribution >= 0.6 is 0 Å². The number of nitrogens with zero attached hydrogens (tertiary/aromatic N) is 3. The Hall–Kier alpha value is -1.19. The average Bonchev–Trinajstić information content (AvgIpc) is 2.22. The van der Waals surface area contributed by atoms with Gasteiger partial charge in [0.15, 0.2) is 6.54 Å². The van der Waals surface area contributed by atoms with Gasteiger partial charge in [0.2, 0.25) is 0 Å². The third-order valence-electron chi connectivity index (χ3n) is 2.18. The fraction of sp³-hybridized carbons (Fsp3) is 0.818. The van der Waals surface area contributed by atoms with E-state index in [4.69, 9.17) is 0 Å². The molecule has 16 heavy (non-hydrogen) atoms. The number of quaternary nitrogens is 1. The molecule has 0 aliphatic heterocycles. The van der Waals surface area contributed by atoms with E-state index in [-0.39, 0.29) is 5.91 Å². The fourth-order valence-corrected chi connectivity index (χ4v) is 1.30. The van der Waals surface area contributed by atoms with E-state index < -0.39 is 0 Å². The Labute approximate surface area is 97.9 Å². The van der Waals surface area contributed by atoms with E-state index in [1.54, 1.807) is 7.05 Å². The lowest BCUT2D eigenvalue weighted by Gasteiger charge is -2.28. The Balaban J connectivity index is 3.82. The number of nitrogens with one attached hydrogen (secondary N) is 1. The molecule has 0 fully saturated rings. The number of likely N-dealkylation sites (N-methyl/N-ethyl adjacent to an activating group) is 2. The van der Waals surface area contributed by atoms with Gasteiger partial charge < -0.3 is 9.80 Å². The quantitative estimate of drug-likeness (QED) is 0.382. The van der Waals surface area contributed by atoms with Crippen molar-refractivity contribution in [3.05, 3.63) is 0 Å². The van der Waals surface area contributed by atoms with Crippen LogP contribution in [0.5, 0.6) is 0 Å². The second-order valence-electron chi connectivity index (χ2n) is 4.30. The highest BCUT2D eigenvalue weighted by Crippen LogP contribution is 1.98. The van der Waals surface area contributed by atoms with Crippen LogP contribution in [0, 0.1) is 0 Å². The Morgan fingerprint density at radius 3 is 2.62 bits per heavy atom. The van der Waals surface area contributed by atoms with Gasteiger partial charge in [-0.25, -0.2) is 9.98 Å². The summed E-state index contributed by atoms with van der Waals surface area (Å²) in [5.74, 6) is 0.0704. The van der Waals surface area contributed by atoms with Crippen molar-refractivity contribution in [1.29, 1.82) is 0 Å². The van der Waals surface area contributed by atoms with Gasteiger partial charge in [-0.3, -0.25) is 4.79 Å². The van der Waals surface area contributed by atoms with E-state index in [2.05, 4.69) is 21.3 Å². The van der Waals surface area contributed by atoms with Crippen LogP contribution in [0.15, 0.2) is 9.98 Å². The molecule has 92 valence electrons. The van der Waals surface area contributed by atoms with Crippen molar-refractivity contribution in [2.24, 2.45) is 9.98 Å². The first-order valence-electron chi connectivity index (χ1n) is 5.62. The number of amides is 1. The summed E-state index contributed by atoms with van der Waals surface area (Å²) in [6, 6.07) is 2.64.